The molecule has 84 valence electrons. The minimum atomic E-state index is 0.259. The fourth-order valence-electron chi connectivity index (χ4n) is 1.92. The largest absolute Gasteiger partial charge is 0.508 e. The van der Waals surface area contributed by atoms with E-state index in [1.807, 2.05) is 29.8 Å². The van der Waals surface area contributed by atoms with Gasteiger partial charge >= 0.3 is 0 Å². The third-order valence-corrected chi connectivity index (χ3v) is 2.81. The van der Waals surface area contributed by atoms with Crippen LogP contribution < -0.4 is 0 Å². The Balaban J connectivity index is 2.24. The van der Waals surface area contributed by atoms with Gasteiger partial charge in [-0.15, -0.1) is 0 Å². The molecular formula is C13H11N3O. The number of aryl methyl sites for hydroxylation is 1. The quantitative estimate of drug-likeness (QED) is 0.691. The van der Waals surface area contributed by atoms with Crippen LogP contribution in [0.1, 0.15) is 0 Å². The topological polar surface area (TPSA) is 50.9 Å². The molecule has 0 fully saturated rings. The van der Waals surface area contributed by atoms with Gasteiger partial charge in [0.25, 0.3) is 0 Å². The Morgan fingerprint density at radius 3 is 2.59 bits per heavy atom. The second-order valence-corrected chi connectivity index (χ2v) is 3.91. The zero-order chi connectivity index (χ0) is 11.8. The van der Waals surface area contributed by atoms with E-state index in [2.05, 4.69) is 9.97 Å². The number of nitrogens with zero attached hydrogens (tertiary/aromatic N) is 3. The zero-order valence-electron chi connectivity index (χ0n) is 9.33. The predicted octanol–water partition coefficient (Wildman–Crippen LogP) is 2.34. The molecule has 0 spiro atoms. The lowest BCUT2D eigenvalue weighted by molar-refractivity contribution is 0.475. The second kappa shape index (κ2) is 3.59. The number of imidazole rings is 1. The van der Waals surface area contributed by atoms with Crippen LogP contribution in [-0.4, -0.2) is 19.6 Å². The summed E-state index contributed by atoms with van der Waals surface area (Å²) < 4.78 is 2.02. The first-order chi connectivity index (χ1) is 8.25. The molecule has 17 heavy (non-hydrogen) atoms. The monoisotopic (exact) mass is 225 g/mol. The van der Waals surface area contributed by atoms with Crippen molar-refractivity contribution in [1.29, 1.82) is 0 Å². The Morgan fingerprint density at radius 2 is 1.88 bits per heavy atom. The first-order valence-corrected chi connectivity index (χ1v) is 5.31. The summed E-state index contributed by atoms with van der Waals surface area (Å²) >= 11 is 0. The van der Waals surface area contributed by atoms with Crippen LogP contribution in [0.25, 0.3) is 22.4 Å². The van der Waals surface area contributed by atoms with Gasteiger partial charge in [-0.05, 0) is 30.3 Å². The van der Waals surface area contributed by atoms with E-state index in [1.54, 1.807) is 24.5 Å². The number of rotatable bonds is 1. The van der Waals surface area contributed by atoms with E-state index < -0.39 is 0 Å². The van der Waals surface area contributed by atoms with Crippen molar-refractivity contribution in [3.05, 3.63) is 42.7 Å². The first kappa shape index (κ1) is 9.84. The van der Waals surface area contributed by atoms with Crippen LogP contribution in [-0.2, 0) is 7.05 Å². The molecule has 0 aliphatic carbocycles. The van der Waals surface area contributed by atoms with Gasteiger partial charge in [-0.2, -0.15) is 0 Å². The van der Waals surface area contributed by atoms with Crippen LogP contribution in [0.5, 0.6) is 5.75 Å². The fraction of sp³-hybridized carbons (Fsp3) is 0.0769. The number of phenols is 1. The maximum absolute atomic E-state index is 9.28. The molecule has 1 aromatic carbocycles. The van der Waals surface area contributed by atoms with Gasteiger partial charge in [0.2, 0.25) is 0 Å². The van der Waals surface area contributed by atoms with Crippen molar-refractivity contribution < 1.29 is 5.11 Å². The van der Waals surface area contributed by atoms with Crippen LogP contribution in [0.4, 0.5) is 0 Å². The molecule has 2 aromatic heterocycles. The molecule has 2 heterocycles. The number of benzene rings is 1. The maximum Gasteiger partial charge on any atom is 0.140 e. The van der Waals surface area contributed by atoms with Crippen molar-refractivity contribution in [2.24, 2.45) is 7.05 Å². The normalized spacial score (nSPS) is 10.9. The number of fused-ring (bicyclic) bond motifs is 1. The Morgan fingerprint density at radius 1 is 1.12 bits per heavy atom. The van der Waals surface area contributed by atoms with Crippen molar-refractivity contribution in [2.45, 2.75) is 0 Å². The molecule has 0 bridgehead atoms. The van der Waals surface area contributed by atoms with Gasteiger partial charge in [0.1, 0.15) is 17.1 Å². The maximum atomic E-state index is 9.28. The van der Waals surface area contributed by atoms with E-state index >= 15 is 0 Å². The molecule has 4 nitrogen and oxygen atoms in total. The number of phenolic OH excluding ortho intramolecular Hbond substituents is 1. The average molecular weight is 225 g/mol. The third kappa shape index (κ3) is 1.54. The van der Waals surface area contributed by atoms with Gasteiger partial charge < -0.3 is 9.67 Å². The molecule has 3 rings (SSSR count). The molecule has 0 saturated heterocycles. The fourth-order valence-corrected chi connectivity index (χ4v) is 1.92. The number of hydrogen-bond acceptors (Lipinski definition) is 3. The number of aromatic hydroxyl groups is 1. The van der Waals surface area contributed by atoms with Crippen molar-refractivity contribution in [2.75, 3.05) is 0 Å². The van der Waals surface area contributed by atoms with Gasteiger partial charge in [0.05, 0.1) is 11.7 Å². The molecule has 0 radical (unpaired) electrons. The highest BCUT2D eigenvalue weighted by molar-refractivity contribution is 5.79. The summed E-state index contributed by atoms with van der Waals surface area (Å²) in [4.78, 5) is 8.59. The van der Waals surface area contributed by atoms with E-state index in [4.69, 9.17) is 0 Å². The summed E-state index contributed by atoms with van der Waals surface area (Å²) in [5.41, 5.74) is 2.89. The zero-order valence-corrected chi connectivity index (χ0v) is 9.33. The molecular weight excluding hydrogens is 214 g/mol. The van der Waals surface area contributed by atoms with Crippen LogP contribution in [0, 0.1) is 0 Å². The summed E-state index contributed by atoms with van der Waals surface area (Å²) in [7, 11) is 1.97. The molecule has 0 atom stereocenters. The minimum Gasteiger partial charge on any atom is -0.508 e. The van der Waals surface area contributed by atoms with Crippen LogP contribution in [0.2, 0.25) is 0 Å². The van der Waals surface area contributed by atoms with Gasteiger partial charge in [-0.1, -0.05) is 0 Å². The summed E-state index contributed by atoms with van der Waals surface area (Å²) in [6, 6.07) is 8.96. The average Bonchev–Trinajstić information content (AvgIpc) is 2.69. The standard InChI is InChI=1S/C13H11N3O/c1-16-12-6-7-14-8-11(12)15-13(16)9-2-4-10(17)5-3-9/h2-8,17H,1H3. The Kier molecular flexibility index (Phi) is 2.08. The lowest BCUT2D eigenvalue weighted by Gasteiger charge is -2.02. The highest BCUT2D eigenvalue weighted by Crippen LogP contribution is 2.24. The van der Waals surface area contributed by atoms with Crippen molar-refractivity contribution in [1.82, 2.24) is 14.5 Å². The minimum absolute atomic E-state index is 0.259. The molecule has 0 saturated carbocycles. The van der Waals surface area contributed by atoms with Crippen LogP contribution in [0.3, 0.4) is 0 Å². The van der Waals surface area contributed by atoms with Gasteiger partial charge in [-0.25, -0.2) is 4.98 Å². The summed E-state index contributed by atoms with van der Waals surface area (Å²) in [6.07, 6.45) is 3.50. The van der Waals surface area contributed by atoms with E-state index in [1.165, 1.54) is 0 Å². The number of aromatic nitrogens is 3. The van der Waals surface area contributed by atoms with Gasteiger partial charge in [0, 0.05) is 18.8 Å². The van der Waals surface area contributed by atoms with E-state index in [0.717, 1.165) is 22.4 Å². The van der Waals surface area contributed by atoms with Crippen LogP contribution in [0.15, 0.2) is 42.7 Å². The predicted molar refractivity (Wildman–Crippen MR) is 65.6 cm³/mol. The molecule has 0 aliphatic rings. The molecule has 1 N–H and O–H groups in total. The molecule has 0 aliphatic heterocycles. The van der Waals surface area contributed by atoms with Gasteiger partial charge in [-0.3, -0.25) is 4.98 Å². The summed E-state index contributed by atoms with van der Waals surface area (Å²) in [5, 5.41) is 9.28. The number of pyridine rings is 1. The summed E-state index contributed by atoms with van der Waals surface area (Å²) in [6.45, 7) is 0. The molecule has 0 amide bonds. The van der Waals surface area contributed by atoms with E-state index in [-0.39, 0.29) is 5.75 Å². The Labute approximate surface area is 98.2 Å². The molecule has 0 unspecified atom stereocenters. The smallest absolute Gasteiger partial charge is 0.140 e. The highest BCUT2D eigenvalue weighted by Gasteiger charge is 2.09. The van der Waals surface area contributed by atoms with E-state index in [0.29, 0.717) is 0 Å². The van der Waals surface area contributed by atoms with Crippen LogP contribution >= 0.6 is 0 Å². The molecule has 3 aromatic rings. The van der Waals surface area contributed by atoms with E-state index in [9.17, 15) is 5.11 Å². The Bertz CT molecular complexity index is 671. The van der Waals surface area contributed by atoms with Gasteiger partial charge in [0.15, 0.2) is 0 Å². The lowest BCUT2D eigenvalue weighted by Crippen LogP contribution is -1.91. The van der Waals surface area contributed by atoms with Crippen molar-refractivity contribution in [3.63, 3.8) is 0 Å². The SMILES string of the molecule is Cn1c(-c2ccc(O)cc2)nc2cnccc21. The first-order valence-electron chi connectivity index (χ1n) is 5.31. The highest BCUT2D eigenvalue weighted by atomic mass is 16.3. The third-order valence-electron chi connectivity index (χ3n) is 2.81. The molecule has 4 heteroatoms. The number of hydrogen-bond donors (Lipinski definition) is 1. The Hall–Kier alpha value is -2.36. The summed E-state index contributed by atoms with van der Waals surface area (Å²) in [5.74, 6) is 1.13. The van der Waals surface area contributed by atoms with Crippen molar-refractivity contribution >= 4 is 11.0 Å². The second-order valence-electron chi connectivity index (χ2n) is 3.91. The lowest BCUT2D eigenvalue weighted by atomic mass is 10.2. The van der Waals surface area contributed by atoms with Crippen molar-refractivity contribution in [3.8, 4) is 17.1 Å².